The van der Waals surface area contributed by atoms with E-state index in [9.17, 15) is 23.5 Å². The summed E-state index contributed by atoms with van der Waals surface area (Å²) in [5.74, 6) is -4.66. The number of thiophene rings is 1. The number of amides is 1. The van der Waals surface area contributed by atoms with Gasteiger partial charge < -0.3 is 31.3 Å². The van der Waals surface area contributed by atoms with Crippen LogP contribution in [0.5, 0.6) is 0 Å². The molecule has 13 heteroatoms. The number of rotatable bonds is 7. The van der Waals surface area contributed by atoms with Gasteiger partial charge in [-0.25, -0.2) is 28.5 Å². The fourth-order valence-corrected chi connectivity index (χ4v) is 6.59. The third-order valence-electron chi connectivity index (χ3n) is 7.79. The lowest BCUT2D eigenvalue weighted by molar-refractivity contribution is -0.939. The summed E-state index contributed by atoms with van der Waals surface area (Å²) in [5, 5.41) is 17.6. The minimum Gasteiger partial charge on any atom is -1.00 e. The average molecular weight is 588 g/mol. The Morgan fingerprint density at radius 2 is 1.97 bits per heavy atom. The number of ether oxygens (including phenoxy) is 1. The smallest absolute Gasteiger partial charge is 0.343 e. The third-order valence-corrected chi connectivity index (χ3v) is 8.47. The van der Waals surface area contributed by atoms with Crippen LogP contribution in [0.1, 0.15) is 37.7 Å². The highest BCUT2D eigenvalue weighted by Crippen LogP contribution is 2.49. The topological polar surface area (TPSA) is 114 Å². The van der Waals surface area contributed by atoms with Gasteiger partial charge in [0.05, 0.1) is 13.1 Å². The lowest BCUT2D eigenvalue weighted by Crippen LogP contribution is -3.00. The van der Waals surface area contributed by atoms with E-state index in [0.29, 0.717) is 16.6 Å². The van der Waals surface area contributed by atoms with Crippen molar-refractivity contribution >= 4 is 29.2 Å². The number of aliphatic hydroxyl groups is 1. The van der Waals surface area contributed by atoms with Crippen molar-refractivity contribution in [1.29, 1.82) is 0 Å². The van der Waals surface area contributed by atoms with Crippen LogP contribution in [0.3, 0.4) is 0 Å². The molecule has 2 unspecified atom stereocenters. The van der Waals surface area contributed by atoms with E-state index in [1.54, 1.807) is 16.8 Å². The van der Waals surface area contributed by atoms with Crippen LogP contribution in [-0.2, 0) is 19.9 Å². The van der Waals surface area contributed by atoms with E-state index in [1.807, 2.05) is 0 Å². The number of quaternary nitrogens is 1. The first-order chi connectivity index (χ1) is 16.7. The number of fused-ring (bicyclic) bond motifs is 3. The van der Waals surface area contributed by atoms with E-state index in [4.69, 9.17) is 4.74 Å². The molecule has 0 radical (unpaired) electrons. The molecule has 3 atom stereocenters. The number of nitrogens with zero attached hydrogens (tertiary/aromatic N) is 4. The number of carbonyl (C=O) groups is 2. The molecule has 2 aromatic heterocycles. The first kappa shape index (κ1) is 27.0. The molecule has 2 aromatic rings. The summed E-state index contributed by atoms with van der Waals surface area (Å²) in [5.41, 5.74) is -1.82. The quantitative estimate of drug-likeness (QED) is 0.327. The number of hydrogen-bond acceptors (Lipinski definition) is 8. The SMILES string of the molecule is O=C(C[N+]12CCC(CC1)C(OC(=O)[C@](O)(c1ccsc1)C1CCC(F)(F)C1)C2)Nc1ncncn1.[Br-]. The number of hydrogen-bond donors (Lipinski definition) is 2. The number of carbonyl (C=O) groups excluding carboxylic acids is 2. The molecule has 1 aliphatic carbocycles. The summed E-state index contributed by atoms with van der Waals surface area (Å²) in [6, 6.07) is 1.60. The van der Waals surface area contributed by atoms with Crippen LogP contribution in [0.25, 0.3) is 0 Å². The molecule has 4 aliphatic rings. The molecule has 196 valence electrons. The Balaban J connectivity index is 0.00000304. The second kappa shape index (κ2) is 10.3. The van der Waals surface area contributed by atoms with Gasteiger partial charge >= 0.3 is 5.97 Å². The van der Waals surface area contributed by atoms with Gasteiger partial charge in [0.1, 0.15) is 19.2 Å². The average Bonchev–Trinajstić information content (AvgIpc) is 3.50. The van der Waals surface area contributed by atoms with Crippen LogP contribution in [0.2, 0.25) is 0 Å². The molecular weight excluding hydrogens is 560 g/mol. The van der Waals surface area contributed by atoms with E-state index < -0.39 is 35.9 Å². The molecule has 2 N–H and O–H groups in total. The summed E-state index contributed by atoms with van der Waals surface area (Å²) in [6.45, 7) is 2.15. The van der Waals surface area contributed by atoms with Gasteiger partial charge in [0.2, 0.25) is 11.9 Å². The zero-order chi connectivity index (χ0) is 24.7. The van der Waals surface area contributed by atoms with Gasteiger partial charge in [0.25, 0.3) is 5.91 Å². The predicted molar refractivity (Wildman–Crippen MR) is 121 cm³/mol. The molecule has 1 saturated carbocycles. The van der Waals surface area contributed by atoms with E-state index in [1.165, 1.54) is 24.0 Å². The van der Waals surface area contributed by atoms with Crippen LogP contribution in [0.15, 0.2) is 29.5 Å². The first-order valence-electron chi connectivity index (χ1n) is 11.8. The van der Waals surface area contributed by atoms with Gasteiger partial charge in [-0.1, -0.05) is 0 Å². The number of nitrogens with one attached hydrogen (secondary N) is 1. The second-order valence-electron chi connectivity index (χ2n) is 9.99. The summed E-state index contributed by atoms with van der Waals surface area (Å²) in [6.07, 6.45) is 2.77. The molecule has 9 nitrogen and oxygen atoms in total. The molecule has 0 aromatic carbocycles. The van der Waals surface area contributed by atoms with Gasteiger partial charge in [-0.2, -0.15) is 11.3 Å². The zero-order valence-electron chi connectivity index (χ0n) is 19.5. The van der Waals surface area contributed by atoms with Crippen molar-refractivity contribution in [2.45, 2.75) is 49.7 Å². The van der Waals surface area contributed by atoms with Crippen molar-refractivity contribution in [2.24, 2.45) is 11.8 Å². The summed E-state index contributed by atoms with van der Waals surface area (Å²) in [4.78, 5) is 37.7. The van der Waals surface area contributed by atoms with Gasteiger partial charge in [0, 0.05) is 43.1 Å². The van der Waals surface area contributed by atoms with Crippen molar-refractivity contribution < 1.29 is 49.7 Å². The molecule has 3 aliphatic heterocycles. The fraction of sp³-hybridized carbons (Fsp3) is 0.609. The summed E-state index contributed by atoms with van der Waals surface area (Å²) >= 11 is 1.29. The normalized spacial score (nSPS) is 30.1. The molecule has 3 saturated heterocycles. The predicted octanol–water partition coefficient (Wildman–Crippen LogP) is -0.649. The first-order valence-corrected chi connectivity index (χ1v) is 12.7. The fourth-order valence-electron chi connectivity index (χ4n) is 5.88. The lowest BCUT2D eigenvalue weighted by Gasteiger charge is -2.51. The Labute approximate surface area is 221 Å². The van der Waals surface area contributed by atoms with Gasteiger partial charge in [-0.3, -0.25) is 10.1 Å². The van der Waals surface area contributed by atoms with Gasteiger partial charge in [-0.05, 0) is 23.2 Å². The van der Waals surface area contributed by atoms with E-state index in [2.05, 4.69) is 20.3 Å². The zero-order valence-corrected chi connectivity index (χ0v) is 21.9. The number of anilines is 1. The Morgan fingerprint density at radius 1 is 1.25 bits per heavy atom. The highest BCUT2D eigenvalue weighted by Gasteiger charge is 2.56. The monoisotopic (exact) mass is 587 g/mol. The number of aromatic nitrogens is 3. The minimum atomic E-state index is -2.91. The van der Waals surface area contributed by atoms with Crippen molar-refractivity contribution in [3.8, 4) is 0 Å². The lowest BCUT2D eigenvalue weighted by atomic mass is 9.80. The maximum atomic E-state index is 14.0. The number of piperidine rings is 3. The van der Waals surface area contributed by atoms with Gasteiger partial charge in [-0.15, -0.1) is 0 Å². The van der Waals surface area contributed by atoms with Crippen LogP contribution in [0, 0.1) is 11.8 Å². The molecule has 6 rings (SSSR count). The number of esters is 1. The third kappa shape index (κ3) is 5.29. The molecule has 1 amide bonds. The second-order valence-corrected chi connectivity index (χ2v) is 10.8. The molecule has 0 spiro atoms. The Hall–Kier alpha value is -2.09. The number of halogens is 3. The maximum absolute atomic E-state index is 14.0. The summed E-state index contributed by atoms with van der Waals surface area (Å²) < 4.78 is 34.4. The standard InChI is InChI=1S/C23H27F2N5O4S.BrH/c24-22(25)5-1-16(9-22)23(33,17-4-8-35-12-17)20(32)34-18-10-30(6-2-15(18)3-7-30)11-19(31)29-21-27-13-26-14-28-21;/h4,8,12-16,18,33H,1-3,5-7,9-11H2;1H/t15?,16?,18?,23-,30?;/m1./s1. The largest absolute Gasteiger partial charge is 1.00 e. The van der Waals surface area contributed by atoms with Crippen molar-refractivity contribution in [2.75, 3.05) is 31.5 Å². The molecule has 5 heterocycles. The number of alkyl halides is 2. The van der Waals surface area contributed by atoms with Gasteiger partial charge in [0.15, 0.2) is 18.2 Å². The van der Waals surface area contributed by atoms with Crippen molar-refractivity contribution in [3.63, 3.8) is 0 Å². The van der Waals surface area contributed by atoms with Crippen molar-refractivity contribution in [3.05, 3.63) is 35.0 Å². The maximum Gasteiger partial charge on any atom is 0.343 e. The minimum absolute atomic E-state index is 0. The van der Waals surface area contributed by atoms with Crippen LogP contribution >= 0.6 is 11.3 Å². The van der Waals surface area contributed by atoms with E-state index in [-0.39, 0.29) is 54.1 Å². The molecule has 2 bridgehead atoms. The highest BCUT2D eigenvalue weighted by molar-refractivity contribution is 7.08. The van der Waals surface area contributed by atoms with E-state index >= 15 is 0 Å². The molecular formula is C23H28BrF2N5O4S. The van der Waals surface area contributed by atoms with Crippen LogP contribution in [-0.4, -0.2) is 74.6 Å². The Kier molecular flexibility index (Phi) is 7.75. The van der Waals surface area contributed by atoms with Crippen molar-refractivity contribution in [1.82, 2.24) is 15.0 Å². The molecule has 4 fully saturated rings. The molecule has 36 heavy (non-hydrogen) atoms. The summed E-state index contributed by atoms with van der Waals surface area (Å²) in [7, 11) is 0. The van der Waals surface area contributed by atoms with Crippen LogP contribution < -0.4 is 22.3 Å². The Bertz CT molecular complexity index is 1070. The van der Waals surface area contributed by atoms with Crippen LogP contribution in [0.4, 0.5) is 14.7 Å². The van der Waals surface area contributed by atoms with E-state index in [0.717, 1.165) is 25.9 Å². The Morgan fingerprint density at radius 3 is 2.58 bits per heavy atom. The highest BCUT2D eigenvalue weighted by atomic mass is 79.9.